The van der Waals surface area contributed by atoms with E-state index in [4.69, 9.17) is 16.3 Å². The molecular formula is C15H13ClN4O4. The Kier molecular flexibility index (Phi) is 4.57. The molecule has 124 valence electrons. The lowest BCUT2D eigenvalue weighted by molar-refractivity contribution is -0.385. The van der Waals surface area contributed by atoms with Gasteiger partial charge >= 0.3 is 0 Å². The fraction of sp³-hybridized carbons (Fsp3) is 0.267. The van der Waals surface area contributed by atoms with E-state index in [1.807, 2.05) is 0 Å². The van der Waals surface area contributed by atoms with Gasteiger partial charge in [0.05, 0.1) is 11.5 Å². The van der Waals surface area contributed by atoms with Gasteiger partial charge < -0.3 is 9.64 Å². The van der Waals surface area contributed by atoms with Gasteiger partial charge in [0.1, 0.15) is 11.7 Å². The molecule has 9 heteroatoms. The molecule has 0 aliphatic carbocycles. The normalized spacial score (nSPS) is 16.9. The number of hydrogen-bond donors (Lipinski definition) is 0. The molecule has 0 bridgehead atoms. The molecule has 2 aromatic rings. The topological polar surface area (TPSA) is 98.5 Å². The second-order valence-electron chi connectivity index (χ2n) is 5.26. The Morgan fingerprint density at radius 1 is 1.42 bits per heavy atom. The van der Waals surface area contributed by atoms with E-state index in [1.165, 1.54) is 29.3 Å². The molecule has 0 N–H and O–H groups in total. The Hall–Kier alpha value is -2.74. The van der Waals surface area contributed by atoms with E-state index in [1.54, 1.807) is 12.1 Å². The van der Waals surface area contributed by atoms with Gasteiger partial charge in [0.25, 0.3) is 11.6 Å². The zero-order valence-electron chi connectivity index (χ0n) is 12.5. The largest absolute Gasteiger partial charge is 0.471 e. The zero-order chi connectivity index (χ0) is 17.1. The summed E-state index contributed by atoms with van der Waals surface area (Å²) in [5.74, 6) is -0.0556. The number of halogens is 1. The van der Waals surface area contributed by atoms with Gasteiger partial charge in [0.2, 0.25) is 5.88 Å². The van der Waals surface area contributed by atoms with Crippen LogP contribution >= 0.6 is 11.6 Å². The van der Waals surface area contributed by atoms with Crippen LogP contribution < -0.4 is 4.74 Å². The van der Waals surface area contributed by atoms with Crippen LogP contribution in [0, 0.1) is 10.1 Å². The van der Waals surface area contributed by atoms with Crippen LogP contribution in [0.3, 0.4) is 0 Å². The molecule has 1 aromatic carbocycles. The van der Waals surface area contributed by atoms with Crippen molar-refractivity contribution < 1.29 is 14.5 Å². The van der Waals surface area contributed by atoms with E-state index in [0.29, 0.717) is 25.4 Å². The van der Waals surface area contributed by atoms with E-state index in [0.717, 1.165) is 0 Å². The highest BCUT2D eigenvalue weighted by Crippen LogP contribution is 2.26. The van der Waals surface area contributed by atoms with Crippen LogP contribution in [0.25, 0.3) is 0 Å². The summed E-state index contributed by atoms with van der Waals surface area (Å²) >= 11 is 5.88. The first kappa shape index (κ1) is 16.1. The van der Waals surface area contributed by atoms with Gasteiger partial charge in [-0.1, -0.05) is 11.6 Å². The summed E-state index contributed by atoms with van der Waals surface area (Å²) < 4.78 is 5.67. The van der Waals surface area contributed by atoms with Crippen molar-refractivity contribution in [1.82, 2.24) is 15.1 Å². The van der Waals surface area contributed by atoms with Crippen molar-refractivity contribution in [3.8, 4) is 5.88 Å². The van der Waals surface area contributed by atoms with Crippen molar-refractivity contribution in [2.24, 2.45) is 0 Å². The maximum absolute atomic E-state index is 12.6. The molecule has 1 unspecified atom stereocenters. The molecular weight excluding hydrogens is 336 g/mol. The molecule has 8 nitrogen and oxygen atoms in total. The average Bonchev–Trinajstić information content (AvgIpc) is 3.03. The van der Waals surface area contributed by atoms with Crippen molar-refractivity contribution in [2.75, 3.05) is 13.1 Å². The number of carbonyl (C=O) groups is 1. The molecule has 0 radical (unpaired) electrons. The maximum Gasteiger partial charge on any atom is 0.282 e. The van der Waals surface area contributed by atoms with Crippen LogP contribution in [-0.4, -0.2) is 45.1 Å². The molecule has 1 atom stereocenters. The van der Waals surface area contributed by atoms with Gasteiger partial charge in [-0.2, -0.15) is 5.10 Å². The molecule has 1 aromatic heterocycles. The van der Waals surface area contributed by atoms with Crippen LogP contribution in [0.4, 0.5) is 5.69 Å². The van der Waals surface area contributed by atoms with E-state index in [9.17, 15) is 14.9 Å². The first-order chi connectivity index (χ1) is 11.5. The summed E-state index contributed by atoms with van der Waals surface area (Å²) in [6.07, 6.45) is 1.91. The average molecular weight is 349 g/mol. The number of hydrogen-bond acceptors (Lipinski definition) is 6. The number of benzene rings is 1. The highest BCUT2D eigenvalue weighted by molar-refractivity contribution is 6.31. The maximum atomic E-state index is 12.6. The molecule has 1 fully saturated rings. The molecule has 1 aliphatic heterocycles. The Bertz CT molecular complexity index is 771. The Morgan fingerprint density at radius 3 is 2.96 bits per heavy atom. The summed E-state index contributed by atoms with van der Waals surface area (Å²) in [4.78, 5) is 24.6. The Balaban J connectivity index is 1.73. The monoisotopic (exact) mass is 348 g/mol. The minimum absolute atomic E-state index is 0.0207. The second kappa shape index (κ2) is 6.79. The lowest BCUT2D eigenvalue weighted by atomic mass is 10.1. The van der Waals surface area contributed by atoms with Gasteiger partial charge in [0, 0.05) is 36.3 Å². The van der Waals surface area contributed by atoms with Gasteiger partial charge in [-0.25, -0.2) is 0 Å². The molecule has 1 amide bonds. The molecule has 2 heterocycles. The van der Waals surface area contributed by atoms with Gasteiger partial charge in [0.15, 0.2) is 0 Å². The molecule has 0 spiro atoms. The minimum Gasteiger partial charge on any atom is -0.471 e. The predicted molar refractivity (Wildman–Crippen MR) is 85.1 cm³/mol. The first-order valence-corrected chi connectivity index (χ1v) is 7.60. The first-order valence-electron chi connectivity index (χ1n) is 7.22. The lowest BCUT2D eigenvalue weighted by Crippen LogP contribution is -2.31. The molecule has 24 heavy (non-hydrogen) atoms. The van der Waals surface area contributed by atoms with Crippen molar-refractivity contribution in [2.45, 2.75) is 12.5 Å². The third-order valence-corrected chi connectivity index (χ3v) is 3.89. The van der Waals surface area contributed by atoms with E-state index >= 15 is 0 Å². The van der Waals surface area contributed by atoms with E-state index < -0.39 is 10.8 Å². The number of rotatable bonds is 4. The smallest absolute Gasteiger partial charge is 0.282 e. The van der Waals surface area contributed by atoms with Crippen molar-refractivity contribution in [3.05, 3.63) is 57.2 Å². The number of ether oxygens (including phenoxy) is 1. The second-order valence-corrected chi connectivity index (χ2v) is 5.70. The van der Waals surface area contributed by atoms with E-state index in [2.05, 4.69) is 10.2 Å². The Morgan fingerprint density at radius 2 is 2.25 bits per heavy atom. The number of carbonyl (C=O) groups excluding carboxylic acids is 1. The number of nitrogens with zero attached hydrogens (tertiary/aromatic N) is 4. The van der Waals surface area contributed by atoms with Crippen LogP contribution in [-0.2, 0) is 0 Å². The molecule has 1 aliphatic rings. The Labute approximate surface area is 142 Å². The van der Waals surface area contributed by atoms with Gasteiger partial charge in [-0.05, 0) is 18.2 Å². The van der Waals surface area contributed by atoms with Crippen molar-refractivity contribution in [1.29, 1.82) is 0 Å². The third-order valence-electron chi connectivity index (χ3n) is 3.65. The fourth-order valence-corrected chi connectivity index (χ4v) is 2.71. The van der Waals surface area contributed by atoms with Crippen LogP contribution in [0.5, 0.6) is 5.88 Å². The number of aromatic nitrogens is 2. The highest BCUT2D eigenvalue weighted by atomic mass is 35.5. The van der Waals surface area contributed by atoms with Crippen LogP contribution in [0.2, 0.25) is 5.02 Å². The summed E-state index contributed by atoms with van der Waals surface area (Å²) in [5.41, 5.74) is -0.282. The third kappa shape index (κ3) is 3.43. The molecule has 3 rings (SSSR count). The van der Waals surface area contributed by atoms with Crippen LogP contribution in [0.1, 0.15) is 16.8 Å². The van der Waals surface area contributed by atoms with Crippen molar-refractivity contribution >= 4 is 23.2 Å². The number of amides is 1. The number of likely N-dealkylation sites (tertiary alicyclic amines) is 1. The SMILES string of the molecule is O=C(c1cc(Cl)ccc1[N+](=O)[O-])N1CCC(Oc2cccnn2)C1. The van der Waals surface area contributed by atoms with Crippen LogP contribution in [0.15, 0.2) is 36.5 Å². The fourth-order valence-electron chi connectivity index (χ4n) is 2.54. The quantitative estimate of drug-likeness (QED) is 0.621. The minimum atomic E-state index is -0.590. The number of nitro groups is 1. The summed E-state index contributed by atoms with van der Waals surface area (Å²) in [5, 5.41) is 18.9. The lowest BCUT2D eigenvalue weighted by Gasteiger charge is -2.17. The summed E-state index contributed by atoms with van der Waals surface area (Å²) in [7, 11) is 0. The predicted octanol–water partition coefficient (Wildman–Crippen LogP) is 2.33. The molecule has 0 saturated carbocycles. The highest BCUT2D eigenvalue weighted by Gasteiger charge is 2.32. The van der Waals surface area contributed by atoms with Gasteiger partial charge in [-0.3, -0.25) is 14.9 Å². The standard InChI is InChI=1S/C15H13ClN4O4/c16-10-3-4-13(20(22)23)12(8-10)15(21)19-7-5-11(9-19)24-14-2-1-6-17-18-14/h1-4,6,8,11H,5,7,9H2. The summed E-state index contributed by atoms with van der Waals surface area (Å²) in [6.45, 7) is 0.756. The zero-order valence-corrected chi connectivity index (χ0v) is 13.2. The molecule has 1 saturated heterocycles. The number of nitro benzene ring substituents is 1. The van der Waals surface area contributed by atoms with E-state index in [-0.39, 0.29) is 22.4 Å². The van der Waals surface area contributed by atoms with Gasteiger partial charge in [-0.15, -0.1) is 5.10 Å². The van der Waals surface area contributed by atoms with Crippen molar-refractivity contribution in [3.63, 3.8) is 0 Å². The summed E-state index contributed by atoms with van der Waals surface area (Å²) in [6, 6.07) is 7.33.